The highest BCUT2D eigenvalue weighted by molar-refractivity contribution is 5.94. The van der Waals surface area contributed by atoms with Crippen molar-refractivity contribution in [1.29, 1.82) is 0 Å². The lowest BCUT2D eigenvalue weighted by molar-refractivity contribution is -0.141. The van der Waals surface area contributed by atoms with Crippen LogP contribution in [0.5, 0.6) is 0 Å². The molecule has 2 aromatic carbocycles. The lowest BCUT2D eigenvalue weighted by atomic mass is 9.79. The molecule has 0 radical (unpaired) electrons. The van der Waals surface area contributed by atoms with E-state index < -0.39 is 17.8 Å². The molecule has 5 aliphatic heterocycles. The topological polar surface area (TPSA) is 101 Å². The van der Waals surface area contributed by atoms with Crippen molar-refractivity contribution in [3.05, 3.63) is 87.6 Å². The van der Waals surface area contributed by atoms with Gasteiger partial charge in [-0.3, -0.25) is 9.59 Å². The molecular weight excluding hydrogens is 514 g/mol. The second-order valence-electron chi connectivity index (χ2n) is 11.6. The van der Waals surface area contributed by atoms with Gasteiger partial charge in [-0.2, -0.15) is 0 Å². The first-order chi connectivity index (χ1) is 19.9. The van der Waals surface area contributed by atoms with Gasteiger partial charge in [0.1, 0.15) is 5.52 Å². The van der Waals surface area contributed by atoms with Crippen LogP contribution in [0, 0.1) is 12.8 Å². The molecule has 4 aromatic rings. The smallest absolute Gasteiger partial charge is 0.307 e. The van der Waals surface area contributed by atoms with Gasteiger partial charge in [0.25, 0.3) is 5.91 Å². The van der Waals surface area contributed by atoms with E-state index in [0.717, 1.165) is 84.9 Å². The molecule has 8 nitrogen and oxygen atoms in total. The van der Waals surface area contributed by atoms with Gasteiger partial charge in [-0.1, -0.05) is 61.7 Å². The average Bonchev–Trinajstić information content (AvgIpc) is 3.40. The molecule has 0 unspecified atom stereocenters. The zero-order chi connectivity index (χ0) is 28.5. The molecule has 2 aromatic heterocycles. The third kappa shape index (κ3) is 5.35. The van der Waals surface area contributed by atoms with Crippen LogP contribution in [0.2, 0.25) is 0 Å². The van der Waals surface area contributed by atoms with Gasteiger partial charge in [-0.15, -0.1) is 5.10 Å². The van der Waals surface area contributed by atoms with Gasteiger partial charge >= 0.3 is 5.97 Å². The summed E-state index contributed by atoms with van der Waals surface area (Å²) in [5, 5.41) is 19.0. The molecule has 0 spiro atoms. The molecule has 212 valence electrons. The molecule has 5 aliphatic rings. The van der Waals surface area contributed by atoms with Gasteiger partial charge in [0.05, 0.1) is 5.92 Å². The summed E-state index contributed by atoms with van der Waals surface area (Å²) in [5.41, 5.74) is 8.39. The maximum Gasteiger partial charge on any atom is 0.307 e. The average molecular weight is 552 g/mol. The molecule has 8 heteroatoms. The van der Waals surface area contributed by atoms with Gasteiger partial charge in [0.15, 0.2) is 5.65 Å². The third-order valence-electron chi connectivity index (χ3n) is 8.97. The van der Waals surface area contributed by atoms with Crippen LogP contribution in [0.4, 0.5) is 0 Å². The summed E-state index contributed by atoms with van der Waals surface area (Å²) in [4.78, 5) is 32.5. The largest absolute Gasteiger partial charge is 0.481 e. The monoisotopic (exact) mass is 551 g/mol. The number of carboxylic acids is 1. The Morgan fingerprint density at radius 1 is 0.976 bits per heavy atom. The van der Waals surface area contributed by atoms with E-state index in [1.54, 1.807) is 6.92 Å². The van der Waals surface area contributed by atoms with Crippen LogP contribution in [0.25, 0.3) is 11.2 Å². The molecule has 2 atom stereocenters. The fraction of sp³-hybridized carbons (Fsp3) is 0.424. The summed E-state index contributed by atoms with van der Waals surface area (Å²) >= 11 is 0. The Labute approximate surface area is 240 Å². The SMILES string of the molecule is Cc1c2cnc3c1nnn3CCCCCCCc1ccc(cc1)C(=O)N1CCc3ccc(cc3C1)[C@H]2[C@@H](C)C(=O)O. The Balaban J connectivity index is 1.41. The number of amides is 1. The van der Waals surface area contributed by atoms with E-state index in [1.165, 1.54) is 11.1 Å². The Kier molecular flexibility index (Phi) is 7.56. The number of rotatable bonds is 2. The van der Waals surface area contributed by atoms with Crippen LogP contribution in [0.15, 0.2) is 48.7 Å². The van der Waals surface area contributed by atoms with Crippen LogP contribution >= 0.6 is 0 Å². The molecule has 0 fully saturated rings. The van der Waals surface area contributed by atoms with Crippen LogP contribution in [-0.4, -0.2) is 48.4 Å². The van der Waals surface area contributed by atoms with E-state index >= 15 is 0 Å². The molecule has 9 bridgehead atoms. The predicted octanol–water partition coefficient (Wildman–Crippen LogP) is 5.69. The Hall–Kier alpha value is -4.07. The first kappa shape index (κ1) is 27.1. The molecule has 0 saturated carbocycles. The van der Waals surface area contributed by atoms with E-state index in [-0.39, 0.29) is 5.91 Å². The lowest BCUT2D eigenvalue weighted by Crippen LogP contribution is -2.36. The number of aryl methyl sites for hydroxylation is 3. The minimum absolute atomic E-state index is 0.0371. The van der Waals surface area contributed by atoms with Crippen molar-refractivity contribution in [1.82, 2.24) is 24.9 Å². The standard InChI is InChI=1S/C33H37N5O3/c1-21-28-19-34-31-30(21)35-36-38(31)16-7-5-3-4-6-8-23-9-11-25(12-10-23)32(39)37-17-15-24-13-14-26(18-27(24)20-37)29(28)22(2)33(40)41/h9-14,18-19,22,29H,3-8,15-17,20H2,1-2H3,(H,40,41)/t22-,29-/m1/s1. The third-order valence-corrected chi connectivity index (χ3v) is 8.97. The van der Waals surface area contributed by atoms with Crippen molar-refractivity contribution >= 4 is 23.0 Å². The molecule has 41 heavy (non-hydrogen) atoms. The second kappa shape index (κ2) is 11.4. The Morgan fingerprint density at radius 3 is 2.56 bits per heavy atom. The number of hydrogen-bond donors (Lipinski definition) is 1. The fourth-order valence-electron chi connectivity index (χ4n) is 6.45. The Bertz CT molecular complexity index is 1590. The number of aromatic nitrogens is 4. The first-order valence-electron chi connectivity index (χ1n) is 14.8. The van der Waals surface area contributed by atoms with Gasteiger partial charge in [0, 0.05) is 37.3 Å². The van der Waals surface area contributed by atoms with E-state index in [2.05, 4.69) is 34.6 Å². The van der Waals surface area contributed by atoms with Crippen LogP contribution in [-0.2, 0) is 30.7 Å². The highest BCUT2D eigenvalue weighted by Crippen LogP contribution is 2.37. The zero-order valence-electron chi connectivity index (χ0n) is 23.8. The summed E-state index contributed by atoms with van der Waals surface area (Å²) < 4.78 is 1.88. The summed E-state index contributed by atoms with van der Waals surface area (Å²) in [7, 11) is 0. The van der Waals surface area contributed by atoms with E-state index in [9.17, 15) is 14.7 Å². The van der Waals surface area contributed by atoms with Crippen LogP contribution < -0.4 is 0 Å². The minimum Gasteiger partial charge on any atom is -0.481 e. The number of carboxylic acid groups (broad SMARTS) is 1. The predicted molar refractivity (Wildman–Crippen MR) is 157 cm³/mol. The van der Waals surface area contributed by atoms with Crippen molar-refractivity contribution in [2.24, 2.45) is 5.92 Å². The Morgan fingerprint density at radius 2 is 1.76 bits per heavy atom. The van der Waals surface area contributed by atoms with Gasteiger partial charge in [-0.05, 0) is 78.1 Å². The number of hydrogen-bond acceptors (Lipinski definition) is 5. The normalized spacial score (nSPS) is 18.8. The summed E-state index contributed by atoms with van der Waals surface area (Å²) in [6.07, 6.45) is 9.17. The zero-order valence-corrected chi connectivity index (χ0v) is 23.8. The van der Waals surface area contributed by atoms with Gasteiger partial charge < -0.3 is 10.0 Å². The quantitative estimate of drug-likeness (QED) is 0.343. The molecule has 9 rings (SSSR count). The number of benzene rings is 2. The molecule has 1 amide bonds. The lowest BCUT2D eigenvalue weighted by Gasteiger charge is -2.31. The maximum atomic E-state index is 13.5. The number of carbonyl (C=O) groups is 2. The van der Waals surface area contributed by atoms with Crippen molar-refractivity contribution in [3.63, 3.8) is 0 Å². The molecular formula is C33H37N5O3. The molecule has 1 N–H and O–H groups in total. The minimum atomic E-state index is -0.867. The van der Waals surface area contributed by atoms with E-state index in [0.29, 0.717) is 18.7 Å². The van der Waals surface area contributed by atoms with Crippen LogP contribution in [0.1, 0.15) is 88.7 Å². The second-order valence-corrected chi connectivity index (χ2v) is 11.6. The van der Waals surface area contributed by atoms with Crippen molar-refractivity contribution in [3.8, 4) is 0 Å². The first-order valence-corrected chi connectivity index (χ1v) is 14.8. The van der Waals surface area contributed by atoms with Crippen molar-refractivity contribution in [2.45, 2.75) is 77.8 Å². The number of pyridine rings is 1. The van der Waals surface area contributed by atoms with Gasteiger partial charge in [-0.25, -0.2) is 9.67 Å². The summed E-state index contributed by atoms with van der Waals surface area (Å²) in [6, 6.07) is 14.3. The number of carbonyl (C=O) groups excluding carboxylic acids is 1. The molecule has 7 heterocycles. The van der Waals surface area contributed by atoms with E-state index in [1.807, 2.05) is 40.9 Å². The van der Waals surface area contributed by atoms with Crippen molar-refractivity contribution < 1.29 is 14.7 Å². The fourth-order valence-corrected chi connectivity index (χ4v) is 6.45. The van der Waals surface area contributed by atoms with Gasteiger partial charge in [0.2, 0.25) is 0 Å². The summed E-state index contributed by atoms with van der Waals surface area (Å²) in [5.74, 6) is -1.93. The number of nitrogens with zero attached hydrogens (tertiary/aromatic N) is 5. The highest BCUT2D eigenvalue weighted by Gasteiger charge is 2.31. The van der Waals surface area contributed by atoms with E-state index in [4.69, 9.17) is 4.98 Å². The summed E-state index contributed by atoms with van der Waals surface area (Å²) in [6.45, 7) is 5.66. The molecule has 0 aliphatic carbocycles. The highest BCUT2D eigenvalue weighted by atomic mass is 16.4. The van der Waals surface area contributed by atoms with Crippen LogP contribution in [0.3, 0.4) is 0 Å². The van der Waals surface area contributed by atoms with Crippen molar-refractivity contribution in [2.75, 3.05) is 6.54 Å². The molecule has 0 saturated heterocycles. The maximum absolute atomic E-state index is 13.5. The number of aliphatic carboxylic acids is 1.